The molecule has 1 aliphatic rings. The summed E-state index contributed by atoms with van der Waals surface area (Å²) in [4.78, 5) is 64.7. The lowest BCUT2D eigenvalue weighted by Crippen LogP contribution is -2.49. The van der Waals surface area contributed by atoms with E-state index in [2.05, 4.69) is 4.72 Å². The van der Waals surface area contributed by atoms with Crippen molar-refractivity contribution in [2.45, 2.75) is 52.2 Å². The van der Waals surface area contributed by atoms with E-state index in [0.717, 1.165) is 16.8 Å². The molecule has 0 bridgehead atoms. The average Bonchev–Trinajstić information content (AvgIpc) is 2.80. The van der Waals surface area contributed by atoms with Gasteiger partial charge in [0.25, 0.3) is 11.8 Å². The molecule has 1 rings (SSSR count). The van der Waals surface area contributed by atoms with Gasteiger partial charge in [0.05, 0.1) is 0 Å². The third-order valence-corrected chi connectivity index (χ3v) is 3.98. The minimum Gasteiger partial charge on any atom is -0.444 e. The quantitative estimate of drug-likeness (QED) is 0.518. The molecule has 1 atom stereocenters. The Morgan fingerprint density at radius 2 is 1.77 bits per heavy atom. The zero-order valence-electron chi connectivity index (χ0n) is 15.4. The van der Waals surface area contributed by atoms with Crippen LogP contribution in [0.2, 0.25) is 0 Å². The number of rotatable bonds is 6. The highest BCUT2D eigenvalue weighted by atomic mass is 32.2. The van der Waals surface area contributed by atoms with Gasteiger partial charge in [-0.3, -0.25) is 19.3 Å². The first kappa shape index (κ1) is 21.7. The first-order valence-corrected chi connectivity index (χ1v) is 8.82. The van der Waals surface area contributed by atoms with E-state index < -0.39 is 35.5 Å². The molecule has 1 heterocycles. The van der Waals surface area contributed by atoms with Crippen molar-refractivity contribution in [1.82, 2.24) is 14.7 Å². The number of imide groups is 1. The molecule has 0 aromatic rings. The van der Waals surface area contributed by atoms with Crippen molar-refractivity contribution in [3.8, 4) is 0 Å². The lowest BCUT2D eigenvalue weighted by Gasteiger charge is -2.29. The van der Waals surface area contributed by atoms with E-state index in [1.165, 1.54) is 14.0 Å². The second kappa shape index (κ2) is 8.88. The molecular formula is C15H23N3O7S. The molecule has 1 fully saturated rings. The lowest BCUT2D eigenvalue weighted by molar-refractivity contribution is -0.200. The number of carbonyl (C=O) groups is 5. The van der Waals surface area contributed by atoms with E-state index in [1.807, 2.05) is 0 Å². The number of likely N-dealkylation sites (N-methyl/N-ethyl adjacent to an activating group) is 1. The van der Waals surface area contributed by atoms with E-state index in [0.29, 0.717) is 5.06 Å². The SMILES string of the molecule is CC(=O)NSC[C@@H](C(=O)ON1C(=O)CCC1=O)N(C)C(=O)OC(C)(C)C. The summed E-state index contributed by atoms with van der Waals surface area (Å²) in [5, 5.41) is 0.404. The predicted octanol–water partition coefficient (Wildman–Crippen LogP) is 0.613. The highest BCUT2D eigenvalue weighted by Crippen LogP contribution is 2.17. The van der Waals surface area contributed by atoms with Crippen molar-refractivity contribution in [2.24, 2.45) is 0 Å². The summed E-state index contributed by atoms with van der Waals surface area (Å²) in [6.07, 6.45) is -0.875. The molecule has 1 aliphatic heterocycles. The standard InChI is InChI=1S/C15H23N3O7S/c1-9(19)16-26-8-10(17(5)14(23)24-15(2,3)4)13(22)25-18-11(20)6-7-12(18)21/h10H,6-8H2,1-5H3,(H,16,19)/t10-/m0/s1. The van der Waals surface area contributed by atoms with Gasteiger partial charge in [-0.05, 0) is 32.7 Å². The van der Waals surface area contributed by atoms with E-state index >= 15 is 0 Å². The number of nitrogens with zero attached hydrogens (tertiary/aromatic N) is 2. The average molecular weight is 389 g/mol. The minimum atomic E-state index is -1.19. The van der Waals surface area contributed by atoms with Gasteiger partial charge < -0.3 is 14.3 Å². The Balaban J connectivity index is 2.86. The largest absolute Gasteiger partial charge is 0.444 e. The van der Waals surface area contributed by atoms with Crippen LogP contribution in [0, 0.1) is 0 Å². The summed E-state index contributed by atoms with van der Waals surface area (Å²) >= 11 is 0.883. The number of hydroxylamine groups is 2. The lowest BCUT2D eigenvalue weighted by atomic mass is 10.2. The molecule has 4 amide bonds. The van der Waals surface area contributed by atoms with Gasteiger partial charge in [0, 0.05) is 32.6 Å². The van der Waals surface area contributed by atoms with Crippen LogP contribution < -0.4 is 4.72 Å². The molecule has 1 saturated heterocycles. The molecule has 10 nitrogen and oxygen atoms in total. The van der Waals surface area contributed by atoms with Crippen LogP contribution in [0.5, 0.6) is 0 Å². The first-order valence-electron chi connectivity index (χ1n) is 7.84. The van der Waals surface area contributed by atoms with Crippen molar-refractivity contribution < 1.29 is 33.5 Å². The fourth-order valence-corrected chi connectivity index (χ4v) is 2.63. The summed E-state index contributed by atoms with van der Waals surface area (Å²) in [5.74, 6) is -2.65. The van der Waals surface area contributed by atoms with Crippen LogP contribution in [0.4, 0.5) is 4.79 Å². The van der Waals surface area contributed by atoms with Crippen LogP contribution in [0.25, 0.3) is 0 Å². The Morgan fingerprint density at radius 3 is 2.23 bits per heavy atom. The molecule has 0 aromatic heterocycles. The summed E-state index contributed by atoms with van der Waals surface area (Å²) in [6, 6.07) is -1.19. The highest BCUT2D eigenvalue weighted by molar-refractivity contribution is 7.98. The second-order valence-corrected chi connectivity index (χ2v) is 7.39. The van der Waals surface area contributed by atoms with Crippen molar-refractivity contribution in [2.75, 3.05) is 12.8 Å². The van der Waals surface area contributed by atoms with Crippen LogP contribution >= 0.6 is 11.9 Å². The van der Waals surface area contributed by atoms with Crippen LogP contribution in [-0.2, 0) is 28.8 Å². The molecule has 11 heteroatoms. The van der Waals surface area contributed by atoms with Crippen LogP contribution in [0.15, 0.2) is 0 Å². The minimum absolute atomic E-state index is 0.0423. The molecule has 0 radical (unpaired) electrons. The fraction of sp³-hybridized carbons (Fsp3) is 0.667. The monoisotopic (exact) mass is 389 g/mol. The van der Waals surface area contributed by atoms with Gasteiger partial charge in [-0.15, -0.1) is 5.06 Å². The van der Waals surface area contributed by atoms with Gasteiger partial charge in [-0.1, -0.05) is 0 Å². The summed E-state index contributed by atoms with van der Waals surface area (Å²) in [5.41, 5.74) is -0.786. The maximum atomic E-state index is 12.4. The number of hydrogen-bond acceptors (Lipinski definition) is 8. The number of nitrogens with one attached hydrogen (secondary N) is 1. The summed E-state index contributed by atoms with van der Waals surface area (Å²) in [7, 11) is 1.32. The smallest absolute Gasteiger partial charge is 0.410 e. The van der Waals surface area contributed by atoms with Gasteiger partial charge in [0.1, 0.15) is 11.6 Å². The molecule has 26 heavy (non-hydrogen) atoms. The normalized spacial score (nSPS) is 15.5. The molecular weight excluding hydrogens is 366 g/mol. The van der Waals surface area contributed by atoms with Gasteiger partial charge >= 0.3 is 12.1 Å². The maximum absolute atomic E-state index is 12.4. The number of ether oxygens (including phenoxy) is 1. The summed E-state index contributed by atoms with van der Waals surface area (Å²) in [6.45, 7) is 6.29. The number of amides is 4. The van der Waals surface area contributed by atoms with Crippen molar-refractivity contribution >= 4 is 41.7 Å². The number of carbonyl (C=O) groups excluding carboxylic acids is 5. The highest BCUT2D eigenvalue weighted by Gasteiger charge is 2.38. The van der Waals surface area contributed by atoms with Gasteiger partial charge in [-0.2, -0.15) is 0 Å². The Labute approximate surface area is 155 Å². The zero-order valence-corrected chi connectivity index (χ0v) is 16.2. The molecule has 146 valence electrons. The van der Waals surface area contributed by atoms with Crippen LogP contribution in [0.1, 0.15) is 40.5 Å². The van der Waals surface area contributed by atoms with Crippen LogP contribution in [-0.4, -0.2) is 64.2 Å². The third-order valence-electron chi connectivity index (χ3n) is 3.07. The van der Waals surface area contributed by atoms with E-state index in [1.54, 1.807) is 20.8 Å². The van der Waals surface area contributed by atoms with Crippen LogP contribution in [0.3, 0.4) is 0 Å². The van der Waals surface area contributed by atoms with Gasteiger partial charge in [-0.25, -0.2) is 9.59 Å². The Bertz CT molecular complexity index is 587. The maximum Gasteiger partial charge on any atom is 0.410 e. The second-order valence-electron chi connectivity index (χ2n) is 6.57. The van der Waals surface area contributed by atoms with Crippen molar-refractivity contribution in [1.29, 1.82) is 0 Å². The molecule has 0 saturated carbocycles. The molecule has 0 aliphatic carbocycles. The predicted molar refractivity (Wildman–Crippen MR) is 91.2 cm³/mol. The Hall–Kier alpha value is -2.30. The van der Waals surface area contributed by atoms with E-state index in [-0.39, 0.29) is 24.5 Å². The molecule has 0 unspecified atom stereocenters. The molecule has 0 spiro atoms. The van der Waals surface area contributed by atoms with Crippen molar-refractivity contribution in [3.05, 3.63) is 0 Å². The van der Waals surface area contributed by atoms with E-state index in [9.17, 15) is 24.0 Å². The van der Waals surface area contributed by atoms with Gasteiger partial charge in [0.2, 0.25) is 5.91 Å². The third kappa shape index (κ3) is 6.54. The first-order chi connectivity index (χ1) is 11.9. The number of hydrogen-bond donors (Lipinski definition) is 1. The summed E-state index contributed by atoms with van der Waals surface area (Å²) < 4.78 is 7.63. The Morgan fingerprint density at radius 1 is 1.23 bits per heavy atom. The molecule has 1 N–H and O–H groups in total. The Kier molecular flexibility index (Phi) is 7.42. The van der Waals surface area contributed by atoms with E-state index in [4.69, 9.17) is 9.57 Å². The molecule has 0 aromatic carbocycles. The zero-order chi connectivity index (χ0) is 20.1. The topological polar surface area (TPSA) is 122 Å². The fourth-order valence-electron chi connectivity index (χ4n) is 1.83. The van der Waals surface area contributed by atoms with Gasteiger partial charge in [0.15, 0.2) is 0 Å². The van der Waals surface area contributed by atoms with Crippen molar-refractivity contribution in [3.63, 3.8) is 0 Å².